The van der Waals surface area contributed by atoms with Gasteiger partial charge in [-0.25, -0.2) is 0 Å². The van der Waals surface area contributed by atoms with E-state index in [1.165, 1.54) is 0 Å². The third-order valence-corrected chi connectivity index (χ3v) is 1.78. The van der Waals surface area contributed by atoms with Crippen molar-refractivity contribution in [3.05, 3.63) is 11.1 Å². The number of Topliss-reactive ketones (excluding diaryl/α,β-unsaturated/α-hetero) is 1. The van der Waals surface area contributed by atoms with Crippen molar-refractivity contribution in [3.63, 3.8) is 0 Å². The minimum atomic E-state index is -2.92. The van der Waals surface area contributed by atoms with Crippen molar-refractivity contribution < 1.29 is 15.8 Å². The van der Waals surface area contributed by atoms with Crippen molar-refractivity contribution in [2.75, 3.05) is 0 Å². The number of rotatable bonds is 0. The van der Waals surface area contributed by atoms with Crippen LogP contribution in [0.15, 0.2) is 11.1 Å². The fraction of sp³-hybridized carbons (Fsp3) is 0.700. The molecule has 1 saturated carbocycles. The Morgan fingerprint density at radius 3 is 3.09 bits per heavy atom. The lowest BCUT2D eigenvalue weighted by atomic mass is 9.84. The highest BCUT2D eigenvalue weighted by Gasteiger charge is 2.20. The third kappa shape index (κ3) is 1.92. The topological polar surface area (TPSA) is 17.1 Å². The fourth-order valence-corrected chi connectivity index (χ4v) is 1.10. The SMILES string of the molecule is [2H]C([2H])([2H])C(=C1CC[C@@H](C)C([2H])([2H])C1=O)C([2H])([2H])[2H]. The molecule has 1 atom stereocenters. The number of carbonyl (C=O) groups excluding carboxylic acids is 1. The fourth-order valence-electron chi connectivity index (χ4n) is 1.10. The Bertz CT molecular complexity index is 398. The summed E-state index contributed by atoms with van der Waals surface area (Å²) in [4.78, 5) is 12.1. The van der Waals surface area contributed by atoms with E-state index in [1.807, 2.05) is 0 Å². The molecule has 0 aromatic carbocycles. The molecule has 0 aromatic rings. The molecule has 1 aliphatic rings. The summed E-state index contributed by atoms with van der Waals surface area (Å²) < 4.78 is 59.1. The third-order valence-electron chi connectivity index (χ3n) is 1.78. The molecule has 0 spiro atoms. The van der Waals surface area contributed by atoms with Gasteiger partial charge in [-0.05, 0) is 38.0 Å². The van der Waals surface area contributed by atoms with Gasteiger partial charge in [0.25, 0.3) is 0 Å². The molecule has 0 heterocycles. The molecule has 0 bridgehead atoms. The van der Waals surface area contributed by atoms with Crippen LogP contribution in [-0.4, -0.2) is 5.78 Å². The maximum absolute atomic E-state index is 12.1. The summed E-state index contributed by atoms with van der Waals surface area (Å²) in [5.74, 6) is -1.56. The van der Waals surface area contributed by atoms with Crippen LogP contribution in [0.2, 0.25) is 0 Å². The highest BCUT2D eigenvalue weighted by molar-refractivity contribution is 5.96. The van der Waals surface area contributed by atoms with Crippen LogP contribution in [0.1, 0.15) is 50.8 Å². The zero-order valence-electron chi connectivity index (χ0n) is 14.4. The summed E-state index contributed by atoms with van der Waals surface area (Å²) in [7, 11) is 0. The molecule has 0 aromatic heterocycles. The van der Waals surface area contributed by atoms with Gasteiger partial charge in [-0.3, -0.25) is 4.79 Å². The van der Waals surface area contributed by atoms with Crippen molar-refractivity contribution in [2.45, 2.75) is 39.8 Å². The average Bonchev–Trinajstić information content (AvgIpc) is 2.16. The first-order valence-electron chi connectivity index (χ1n) is 7.58. The Morgan fingerprint density at radius 2 is 2.45 bits per heavy atom. The van der Waals surface area contributed by atoms with Gasteiger partial charge in [0.1, 0.15) is 0 Å². The van der Waals surface area contributed by atoms with E-state index in [9.17, 15) is 4.79 Å². The first-order chi connectivity index (χ1) is 8.29. The molecule has 1 nitrogen and oxygen atoms in total. The summed E-state index contributed by atoms with van der Waals surface area (Å²) in [6.07, 6.45) is -1.97. The highest BCUT2D eigenvalue weighted by atomic mass is 16.1. The molecule has 0 aliphatic heterocycles. The van der Waals surface area contributed by atoms with Gasteiger partial charge < -0.3 is 0 Å². The molecular formula is C10H16O. The Morgan fingerprint density at radius 1 is 1.73 bits per heavy atom. The second-order valence-corrected chi connectivity index (χ2v) is 2.77. The molecule has 0 N–H and O–H groups in total. The number of allylic oxidation sites excluding steroid dienone is 2. The van der Waals surface area contributed by atoms with Crippen molar-refractivity contribution >= 4 is 5.78 Å². The van der Waals surface area contributed by atoms with Crippen LogP contribution in [0, 0.1) is 5.92 Å². The second-order valence-electron chi connectivity index (χ2n) is 2.77. The van der Waals surface area contributed by atoms with Crippen LogP contribution in [0.5, 0.6) is 0 Å². The molecule has 1 aliphatic carbocycles. The van der Waals surface area contributed by atoms with E-state index in [4.69, 9.17) is 11.0 Å². The normalized spacial score (nSPS) is 43.2. The zero-order valence-corrected chi connectivity index (χ0v) is 6.40. The summed E-state index contributed by atoms with van der Waals surface area (Å²) in [5, 5.41) is 0. The maximum Gasteiger partial charge on any atom is 0.159 e. The lowest BCUT2D eigenvalue weighted by Gasteiger charge is -2.19. The summed E-state index contributed by atoms with van der Waals surface area (Å²) in [5.41, 5.74) is -1.27. The van der Waals surface area contributed by atoms with Crippen LogP contribution in [0.3, 0.4) is 0 Å². The van der Waals surface area contributed by atoms with E-state index < -0.39 is 37.4 Å². The molecule has 0 saturated heterocycles. The van der Waals surface area contributed by atoms with E-state index in [2.05, 4.69) is 0 Å². The molecule has 1 heteroatoms. The van der Waals surface area contributed by atoms with E-state index in [0.717, 1.165) is 0 Å². The van der Waals surface area contributed by atoms with Crippen LogP contribution < -0.4 is 0 Å². The average molecular weight is 160 g/mol. The predicted molar refractivity (Wildman–Crippen MR) is 46.4 cm³/mol. The van der Waals surface area contributed by atoms with Gasteiger partial charge in [-0.2, -0.15) is 0 Å². The molecule has 1 fully saturated rings. The van der Waals surface area contributed by atoms with E-state index in [1.54, 1.807) is 6.92 Å². The number of hydrogen-bond donors (Lipinski definition) is 0. The number of ketones is 1. The predicted octanol–water partition coefficient (Wildman–Crippen LogP) is 2.71. The van der Waals surface area contributed by atoms with E-state index in [-0.39, 0.29) is 18.4 Å². The Labute approximate surface area is 79.7 Å². The minimum absolute atomic E-state index is 0.00831. The quantitative estimate of drug-likeness (QED) is 0.498. The summed E-state index contributed by atoms with van der Waals surface area (Å²) in [6, 6.07) is 0. The monoisotopic (exact) mass is 160 g/mol. The van der Waals surface area contributed by atoms with Crippen molar-refractivity contribution in [1.82, 2.24) is 0 Å². The Hall–Kier alpha value is -0.590. The van der Waals surface area contributed by atoms with Crippen molar-refractivity contribution in [2.24, 2.45) is 5.92 Å². The Balaban J connectivity index is 3.45. The van der Waals surface area contributed by atoms with E-state index >= 15 is 0 Å². The smallest absolute Gasteiger partial charge is 0.159 e. The molecule has 0 amide bonds. The highest BCUT2D eigenvalue weighted by Crippen LogP contribution is 2.26. The molecule has 0 unspecified atom stereocenters. The lowest BCUT2D eigenvalue weighted by Crippen LogP contribution is -2.16. The zero-order chi connectivity index (χ0) is 15.2. The van der Waals surface area contributed by atoms with Crippen LogP contribution in [0.25, 0.3) is 0 Å². The number of hydrogen-bond acceptors (Lipinski definition) is 1. The number of carbonyl (C=O) groups is 1. The minimum Gasteiger partial charge on any atom is -0.295 e. The first kappa shape index (κ1) is 2.72. The Kier molecular flexibility index (Phi) is 0.792. The van der Waals surface area contributed by atoms with Crippen LogP contribution in [0.4, 0.5) is 0 Å². The van der Waals surface area contributed by atoms with Gasteiger partial charge in [-0.1, -0.05) is 12.5 Å². The van der Waals surface area contributed by atoms with Gasteiger partial charge in [0.2, 0.25) is 0 Å². The lowest BCUT2D eigenvalue weighted by molar-refractivity contribution is -0.117. The van der Waals surface area contributed by atoms with Gasteiger partial charge >= 0.3 is 0 Å². The molecule has 1 rings (SSSR count). The summed E-state index contributed by atoms with van der Waals surface area (Å²) in [6.45, 7) is -4.29. The second kappa shape index (κ2) is 3.21. The molecule has 0 radical (unpaired) electrons. The maximum atomic E-state index is 12.1. The first-order valence-corrected chi connectivity index (χ1v) is 3.58. The molecular weight excluding hydrogens is 136 g/mol. The summed E-state index contributed by atoms with van der Waals surface area (Å²) >= 11 is 0. The molecule has 11 heavy (non-hydrogen) atoms. The largest absolute Gasteiger partial charge is 0.295 e. The van der Waals surface area contributed by atoms with Crippen LogP contribution >= 0.6 is 0 Å². The standard InChI is InChI=1S/C10H16O/c1-7(2)9-5-4-8(3)6-10(9)11/h8H,4-6H2,1-3H3/t8-/m1/s1/i1D3,2D3,6D2. The van der Waals surface area contributed by atoms with Gasteiger partial charge in [0.05, 0.1) is 0 Å². The van der Waals surface area contributed by atoms with Gasteiger partial charge in [0.15, 0.2) is 5.78 Å². The van der Waals surface area contributed by atoms with E-state index in [0.29, 0.717) is 0 Å². The van der Waals surface area contributed by atoms with Gasteiger partial charge in [0, 0.05) is 17.3 Å². The van der Waals surface area contributed by atoms with Crippen molar-refractivity contribution in [1.29, 1.82) is 0 Å². The van der Waals surface area contributed by atoms with Crippen molar-refractivity contribution in [3.8, 4) is 0 Å². The molecule has 62 valence electrons. The van der Waals surface area contributed by atoms with Crippen LogP contribution in [-0.2, 0) is 4.79 Å². The van der Waals surface area contributed by atoms with Gasteiger partial charge in [-0.15, -0.1) is 0 Å².